The van der Waals surface area contributed by atoms with E-state index in [1.807, 2.05) is 0 Å². The van der Waals surface area contributed by atoms with Crippen molar-refractivity contribution in [3.05, 3.63) is 119 Å². The van der Waals surface area contributed by atoms with Crippen LogP contribution in [0, 0.1) is 11.8 Å². The minimum Gasteiger partial charge on any atom is -0.0952 e. The summed E-state index contributed by atoms with van der Waals surface area (Å²) in [5.74, 6) is 0.822. The monoisotopic (exact) mass is 380 g/mol. The first kappa shape index (κ1) is 19.7. The third kappa shape index (κ3) is 4.53. The van der Waals surface area contributed by atoms with Gasteiger partial charge < -0.3 is 0 Å². The van der Waals surface area contributed by atoms with Crippen LogP contribution in [0.3, 0.4) is 0 Å². The van der Waals surface area contributed by atoms with Gasteiger partial charge in [0.05, 0.1) is 0 Å². The Bertz CT molecular complexity index is 946. The summed E-state index contributed by atoms with van der Waals surface area (Å²) in [5, 5.41) is 0. The Balaban J connectivity index is 1.36. The van der Waals surface area contributed by atoms with E-state index in [-0.39, 0.29) is 0 Å². The number of unbranched alkanes of at least 4 members (excludes halogenated alkanes) is 2. The molecule has 0 N–H and O–H groups in total. The first-order valence-corrected chi connectivity index (χ1v) is 11.1. The van der Waals surface area contributed by atoms with E-state index in [1.54, 1.807) is 0 Å². The van der Waals surface area contributed by atoms with Crippen LogP contribution < -0.4 is 0 Å². The molecular formula is C29H32. The van der Waals surface area contributed by atoms with Crippen molar-refractivity contribution in [1.29, 1.82) is 0 Å². The molecule has 0 aromatic rings. The van der Waals surface area contributed by atoms with Crippen LogP contribution in [-0.2, 0) is 0 Å². The number of hydrogen-bond donors (Lipinski definition) is 0. The lowest BCUT2D eigenvalue weighted by Crippen LogP contribution is -2.09. The van der Waals surface area contributed by atoms with Crippen molar-refractivity contribution in [1.82, 2.24) is 0 Å². The van der Waals surface area contributed by atoms with Crippen molar-refractivity contribution in [2.75, 3.05) is 0 Å². The summed E-state index contributed by atoms with van der Waals surface area (Å²) in [6.07, 6.45) is 32.2. The maximum absolute atomic E-state index is 4.39. The lowest BCUT2D eigenvalue weighted by atomic mass is 9.80. The smallest absolute Gasteiger partial charge is 0.0267 e. The Kier molecular flexibility index (Phi) is 6.00. The van der Waals surface area contributed by atoms with Crippen LogP contribution in [0.4, 0.5) is 0 Å². The summed E-state index contributed by atoms with van der Waals surface area (Å²) in [7, 11) is 0. The number of hydrogen-bond acceptors (Lipinski definition) is 0. The molecule has 2 atom stereocenters. The molecule has 148 valence electrons. The molecule has 4 rings (SSSR count). The molecule has 0 fully saturated rings. The SMILES string of the molecule is C=C(CCC1=CC2C=C(CCCCC)C=CC2=C1)C1=CC(=C)C2C=CC=CC2=C1. The fraction of sp³-hybridized carbons (Fsp3) is 0.310. The van der Waals surface area contributed by atoms with Crippen LogP contribution >= 0.6 is 0 Å². The predicted molar refractivity (Wildman–Crippen MR) is 126 cm³/mol. The fourth-order valence-corrected chi connectivity index (χ4v) is 4.57. The molecule has 0 nitrogen and oxygen atoms in total. The van der Waals surface area contributed by atoms with Gasteiger partial charge >= 0.3 is 0 Å². The largest absolute Gasteiger partial charge is 0.0952 e. The van der Waals surface area contributed by atoms with Gasteiger partial charge in [0.25, 0.3) is 0 Å². The zero-order valence-corrected chi connectivity index (χ0v) is 17.7. The van der Waals surface area contributed by atoms with Gasteiger partial charge in [0, 0.05) is 11.8 Å². The Hall–Kier alpha value is -2.60. The molecule has 0 aromatic heterocycles. The normalized spacial score (nSPS) is 24.3. The zero-order valence-electron chi connectivity index (χ0n) is 17.7. The lowest BCUT2D eigenvalue weighted by molar-refractivity contribution is 0.715. The Morgan fingerprint density at radius 1 is 0.897 bits per heavy atom. The molecule has 0 saturated carbocycles. The summed E-state index contributed by atoms with van der Waals surface area (Å²) in [5.41, 5.74) is 9.34. The van der Waals surface area contributed by atoms with Crippen molar-refractivity contribution in [3.8, 4) is 0 Å². The molecule has 4 aliphatic carbocycles. The van der Waals surface area contributed by atoms with E-state index in [1.165, 1.54) is 64.7 Å². The van der Waals surface area contributed by atoms with Gasteiger partial charge in [0.15, 0.2) is 0 Å². The van der Waals surface area contributed by atoms with Crippen molar-refractivity contribution < 1.29 is 0 Å². The van der Waals surface area contributed by atoms with Crippen LogP contribution in [0.25, 0.3) is 0 Å². The van der Waals surface area contributed by atoms with Gasteiger partial charge in [-0.25, -0.2) is 0 Å². The van der Waals surface area contributed by atoms with Crippen LogP contribution in [-0.4, -0.2) is 0 Å². The molecule has 0 aromatic carbocycles. The van der Waals surface area contributed by atoms with E-state index in [4.69, 9.17) is 0 Å². The number of allylic oxidation sites excluding steroid dienone is 18. The third-order valence-electron chi connectivity index (χ3n) is 6.33. The van der Waals surface area contributed by atoms with Crippen molar-refractivity contribution in [2.45, 2.75) is 45.4 Å². The summed E-state index contributed by atoms with van der Waals surface area (Å²) in [6, 6.07) is 0. The van der Waals surface area contributed by atoms with Gasteiger partial charge in [0.1, 0.15) is 0 Å². The molecule has 4 aliphatic rings. The van der Waals surface area contributed by atoms with Crippen molar-refractivity contribution >= 4 is 0 Å². The van der Waals surface area contributed by atoms with Gasteiger partial charge in [0.2, 0.25) is 0 Å². The first-order valence-electron chi connectivity index (χ1n) is 11.1. The standard InChI is InChI=1S/C29H32/c1-4-5-6-9-23-14-15-25-18-24(19-28(25)17-23)13-12-21(2)27-16-22(3)29-11-8-7-10-26(29)20-27/h7-8,10-11,14-20,28-29H,2-6,9,12-13H2,1H3. The third-order valence-corrected chi connectivity index (χ3v) is 6.33. The van der Waals surface area contributed by atoms with E-state index >= 15 is 0 Å². The molecule has 0 radical (unpaired) electrons. The van der Waals surface area contributed by atoms with Crippen LogP contribution in [0.1, 0.15) is 45.4 Å². The van der Waals surface area contributed by atoms with E-state index in [0.717, 1.165) is 12.8 Å². The highest BCUT2D eigenvalue weighted by atomic mass is 14.3. The predicted octanol–water partition coefficient (Wildman–Crippen LogP) is 8.05. The summed E-state index contributed by atoms with van der Waals surface area (Å²) < 4.78 is 0. The zero-order chi connectivity index (χ0) is 20.2. The number of fused-ring (bicyclic) bond motifs is 2. The second-order valence-corrected chi connectivity index (χ2v) is 8.59. The molecule has 2 unspecified atom stereocenters. The molecule has 0 saturated heterocycles. The van der Waals surface area contributed by atoms with Crippen LogP contribution in [0.5, 0.6) is 0 Å². The highest BCUT2D eigenvalue weighted by Crippen LogP contribution is 2.37. The van der Waals surface area contributed by atoms with Gasteiger partial charge in [-0.05, 0) is 53.5 Å². The first-order chi connectivity index (χ1) is 14.1. The van der Waals surface area contributed by atoms with Crippen LogP contribution in [0.2, 0.25) is 0 Å². The van der Waals surface area contributed by atoms with Gasteiger partial charge in [-0.2, -0.15) is 0 Å². The highest BCUT2D eigenvalue weighted by molar-refractivity contribution is 5.56. The molecule has 0 heteroatoms. The maximum atomic E-state index is 4.39. The molecule has 0 aliphatic heterocycles. The van der Waals surface area contributed by atoms with Gasteiger partial charge in [-0.3, -0.25) is 0 Å². The Labute approximate surface area is 176 Å². The molecular weight excluding hydrogens is 348 g/mol. The van der Waals surface area contributed by atoms with Crippen LogP contribution in [0.15, 0.2) is 119 Å². The number of rotatable bonds is 8. The maximum Gasteiger partial charge on any atom is 0.0267 e. The van der Waals surface area contributed by atoms with E-state index in [2.05, 4.69) is 86.9 Å². The average molecular weight is 381 g/mol. The van der Waals surface area contributed by atoms with Gasteiger partial charge in [-0.15, -0.1) is 0 Å². The quantitative estimate of drug-likeness (QED) is 0.374. The summed E-state index contributed by atoms with van der Waals surface area (Å²) >= 11 is 0. The fourth-order valence-electron chi connectivity index (χ4n) is 4.57. The van der Waals surface area contributed by atoms with E-state index < -0.39 is 0 Å². The molecule has 0 spiro atoms. The Morgan fingerprint density at radius 2 is 1.76 bits per heavy atom. The highest BCUT2D eigenvalue weighted by Gasteiger charge is 2.21. The second-order valence-electron chi connectivity index (χ2n) is 8.59. The minimum absolute atomic E-state index is 0.340. The van der Waals surface area contributed by atoms with Crippen molar-refractivity contribution in [2.24, 2.45) is 11.8 Å². The second kappa shape index (κ2) is 8.82. The lowest BCUT2D eigenvalue weighted by Gasteiger charge is -2.24. The van der Waals surface area contributed by atoms with Crippen molar-refractivity contribution in [3.63, 3.8) is 0 Å². The summed E-state index contributed by atoms with van der Waals surface area (Å²) in [4.78, 5) is 0. The minimum atomic E-state index is 0.340. The average Bonchev–Trinajstić information content (AvgIpc) is 3.14. The molecule has 0 bridgehead atoms. The van der Waals surface area contributed by atoms with E-state index in [0.29, 0.717) is 11.8 Å². The summed E-state index contributed by atoms with van der Waals surface area (Å²) in [6.45, 7) is 10.9. The molecule has 29 heavy (non-hydrogen) atoms. The Morgan fingerprint density at radius 3 is 2.62 bits per heavy atom. The molecule has 0 heterocycles. The van der Waals surface area contributed by atoms with Gasteiger partial charge in [-0.1, -0.05) is 111 Å². The van der Waals surface area contributed by atoms with E-state index in [9.17, 15) is 0 Å². The molecule has 0 amide bonds. The topological polar surface area (TPSA) is 0 Å².